The standard InChI is InChI=1S/C19H32N4O4/c1-13(2)18-20-19(27-21-18)15-3-7-22(8-4-15)11-16(25)14-5-9-23(10-6-14)17(26)12-24/h13-16,24-25H,3-12H2,1-2H3. The number of carbonyl (C=O) groups is 1. The first-order chi connectivity index (χ1) is 13.0. The lowest BCUT2D eigenvalue weighted by atomic mass is 9.90. The second-order valence-electron chi connectivity index (χ2n) is 8.16. The number of rotatable bonds is 6. The maximum Gasteiger partial charge on any atom is 0.248 e. The molecule has 152 valence electrons. The van der Waals surface area contributed by atoms with E-state index in [1.807, 2.05) is 0 Å². The third-order valence-corrected chi connectivity index (χ3v) is 5.93. The number of β-amino-alcohol motifs (C(OH)–C–C–N with tert-alkyl or cyclic N) is 1. The van der Waals surface area contributed by atoms with Crippen LogP contribution in [0.15, 0.2) is 4.52 Å². The number of likely N-dealkylation sites (tertiary alicyclic amines) is 2. The Bertz CT molecular complexity index is 605. The van der Waals surface area contributed by atoms with Crippen molar-refractivity contribution in [1.82, 2.24) is 19.9 Å². The van der Waals surface area contributed by atoms with Crippen molar-refractivity contribution in [2.24, 2.45) is 5.92 Å². The summed E-state index contributed by atoms with van der Waals surface area (Å²) in [5, 5.41) is 23.6. The lowest BCUT2D eigenvalue weighted by Crippen LogP contribution is -2.46. The normalized spacial score (nSPS) is 21.7. The number of amides is 1. The molecule has 1 amide bonds. The average molecular weight is 380 g/mol. The highest BCUT2D eigenvalue weighted by Gasteiger charge is 2.31. The van der Waals surface area contributed by atoms with Crippen molar-refractivity contribution < 1.29 is 19.5 Å². The van der Waals surface area contributed by atoms with Gasteiger partial charge >= 0.3 is 0 Å². The van der Waals surface area contributed by atoms with Gasteiger partial charge in [-0.1, -0.05) is 19.0 Å². The molecule has 2 aliphatic rings. The second-order valence-corrected chi connectivity index (χ2v) is 8.16. The minimum absolute atomic E-state index is 0.216. The minimum atomic E-state index is -0.430. The van der Waals surface area contributed by atoms with E-state index in [-0.39, 0.29) is 23.8 Å². The van der Waals surface area contributed by atoms with Gasteiger partial charge in [-0.15, -0.1) is 0 Å². The number of piperidine rings is 2. The fraction of sp³-hybridized carbons (Fsp3) is 0.842. The van der Waals surface area contributed by atoms with Crippen LogP contribution < -0.4 is 0 Å². The first-order valence-corrected chi connectivity index (χ1v) is 10.1. The van der Waals surface area contributed by atoms with Crippen LogP contribution in [-0.4, -0.2) is 81.5 Å². The third kappa shape index (κ3) is 5.06. The quantitative estimate of drug-likeness (QED) is 0.758. The van der Waals surface area contributed by atoms with Crippen LogP contribution in [0.1, 0.15) is 63.1 Å². The van der Waals surface area contributed by atoms with E-state index >= 15 is 0 Å². The first kappa shape index (κ1) is 20.2. The van der Waals surface area contributed by atoms with E-state index < -0.39 is 6.61 Å². The monoisotopic (exact) mass is 380 g/mol. The summed E-state index contributed by atoms with van der Waals surface area (Å²) < 4.78 is 5.44. The van der Waals surface area contributed by atoms with Gasteiger partial charge in [0.15, 0.2) is 5.82 Å². The van der Waals surface area contributed by atoms with Gasteiger partial charge in [0.25, 0.3) is 0 Å². The summed E-state index contributed by atoms with van der Waals surface area (Å²) in [6.45, 7) is 7.45. The number of aliphatic hydroxyl groups is 2. The number of hydrogen-bond acceptors (Lipinski definition) is 7. The predicted octanol–water partition coefficient (Wildman–Crippen LogP) is 0.964. The Balaban J connectivity index is 1.42. The minimum Gasteiger partial charge on any atom is -0.392 e. The number of aromatic nitrogens is 2. The van der Waals surface area contributed by atoms with Gasteiger partial charge in [-0.2, -0.15) is 4.98 Å². The van der Waals surface area contributed by atoms with Crippen LogP contribution in [0, 0.1) is 5.92 Å². The zero-order chi connectivity index (χ0) is 19.4. The van der Waals surface area contributed by atoms with Crippen molar-refractivity contribution in [1.29, 1.82) is 0 Å². The SMILES string of the molecule is CC(C)c1noc(C2CCN(CC(O)C3CCN(C(=O)CO)CC3)CC2)n1. The summed E-state index contributed by atoms with van der Waals surface area (Å²) in [5.74, 6) is 2.11. The summed E-state index contributed by atoms with van der Waals surface area (Å²) in [6.07, 6.45) is 3.15. The first-order valence-electron chi connectivity index (χ1n) is 10.1. The Morgan fingerprint density at radius 3 is 2.41 bits per heavy atom. The number of carbonyl (C=O) groups excluding carboxylic acids is 1. The molecular weight excluding hydrogens is 348 g/mol. The van der Waals surface area contributed by atoms with E-state index in [1.54, 1.807) is 4.90 Å². The van der Waals surface area contributed by atoms with Gasteiger partial charge in [0.05, 0.1) is 6.10 Å². The molecule has 3 heterocycles. The smallest absolute Gasteiger partial charge is 0.248 e. The molecule has 0 radical (unpaired) electrons. The van der Waals surface area contributed by atoms with Crippen molar-refractivity contribution in [3.8, 4) is 0 Å². The number of hydrogen-bond donors (Lipinski definition) is 2. The zero-order valence-electron chi connectivity index (χ0n) is 16.4. The van der Waals surface area contributed by atoms with Gasteiger partial charge in [-0.25, -0.2) is 0 Å². The van der Waals surface area contributed by atoms with E-state index in [0.717, 1.165) is 50.5 Å². The Morgan fingerprint density at radius 2 is 1.85 bits per heavy atom. The van der Waals surface area contributed by atoms with Gasteiger partial charge in [0, 0.05) is 31.5 Å². The van der Waals surface area contributed by atoms with E-state index in [1.165, 1.54) is 0 Å². The van der Waals surface area contributed by atoms with E-state index in [2.05, 4.69) is 28.9 Å². The summed E-state index contributed by atoms with van der Waals surface area (Å²) in [5.41, 5.74) is 0. The largest absolute Gasteiger partial charge is 0.392 e. The summed E-state index contributed by atoms with van der Waals surface area (Å²) in [4.78, 5) is 20.1. The Hall–Kier alpha value is -1.51. The molecule has 2 fully saturated rings. The lowest BCUT2D eigenvalue weighted by molar-refractivity contribution is -0.136. The second kappa shape index (κ2) is 9.12. The molecule has 0 saturated carbocycles. The maximum atomic E-state index is 11.5. The van der Waals surface area contributed by atoms with Crippen LogP contribution in [0.25, 0.3) is 0 Å². The van der Waals surface area contributed by atoms with Gasteiger partial charge in [0.2, 0.25) is 11.8 Å². The molecule has 8 nitrogen and oxygen atoms in total. The Morgan fingerprint density at radius 1 is 1.19 bits per heavy atom. The van der Waals surface area contributed by atoms with Crippen LogP contribution in [0.5, 0.6) is 0 Å². The molecule has 3 rings (SSSR count). The zero-order valence-corrected chi connectivity index (χ0v) is 16.4. The lowest BCUT2D eigenvalue weighted by Gasteiger charge is -2.37. The Labute approximate surface area is 160 Å². The predicted molar refractivity (Wildman–Crippen MR) is 99.2 cm³/mol. The third-order valence-electron chi connectivity index (χ3n) is 5.93. The van der Waals surface area contributed by atoms with Crippen LogP contribution in [0.3, 0.4) is 0 Å². The fourth-order valence-electron chi connectivity index (χ4n) is 4.06. The van der Waals surface area contributed by atoms with Crippen LogP contribution in [0.2, 0.25) is 0 Å². The van der Waals surface area contributed by atoms with Gasteiger partial charge < -0.3 is 24.5 Å². The van der Waals surface area contributed by atoms with Crippen LogP contribution >= 0.6 is 0 Å². The molecule has 0 aliphatic carbocycles. The van der Waals surface area contributed by atoms with Crippen molar-refractivity contribution in [2.75, 3.05) is 39.3 Å². The van der Waals surface area contributed by atoms with Crippen LogP contribution in [0.4, 0.5) is 0 Å². The topological polar surface area (TPSA) is 103 Å². The summed E-state index contributed by atoms with van der Waals surface area (Å²) in [7, 11) is 0. The molecule has 27 heavy (non-hydrogen) atoms. The molecule has 0 aromatic carbocycles. The molecule has 1 aromatic rings. The summed E-state index contributed by atoms with van der Waals surface area (Å²) >= 11 is 0. The number of aliphatic hydroxyl groups excluding tert-OH is 2. The molecule has 0 bridgehead atoms. The molecule has 2 N–H and O–H groups in total. The molecule has 1 unspecified atom stereocenters. The highest BCUT2D eigenvalue weighted by atomic mass is 16.5. The molecule has 0 spiro atoms. The molecule has 2 aliphatic heterocycles. The van der Waals surface area contributed by atoms with Crippen molar-refractivity contribution in [3.63, 3.8) is 0 Å². The fourth-order valence-corrected chi connectivity index (χ4v) is 4.06. The highest BCUT2D eigenvalue weighted by molar-refractivity contribution is 5.77. The molecule has 2 saturated heterocycles. The number of nitrogens with zero attached hydrogens (tertiary/aromatic N) is 4. The molecule has 1 atom stereocenters. The van der Waals surface area contributed by atoms with Crippen molar-refractivity contribution in [3.05, 3.63) is 11.7 Å². The molecular formula is C19H32N4O4. The van der Waals surface area contributed by atoms with Crippen molar-refractivity contribution >= 4 is 5.91 Å². The van der Waals surface area contributed by atoms with Crippen LogP contribution in [-0.2, 0) is 4.79 Å². The highest BCUT2D eigenvalue weighted by Crippen LogP contribution is 2.29. The van der Waals surface area contributed by atoms with E-state index in [9.17, 15) is 9.90 Å². The van der Waals surface area contributed by atoms with E-state index in [4.69, 9.17) is 9.63 Å². The average Bonchev–Trinajstić information content (AvgIpc) is 3.18. The maximum absolute atomic E-state index is 11.5. The molecule has 8 heteroatoms. The van der Waals surface area contributed by atoms with Gasteiger partial charge in [0.1, 0.15) is 6.61 Å². The molecule has 1 aromatic heterocycles. The van der Waals surface area contributed by atoms with Crippen molar-refractivity contribution in [2.45, 2.75) is 57.5 Å². The van der Waals surface area contributed by atoms with Gasteiger partial charge in [-0.3, -0.25) is 4.79 Å². The Kier molecular flexibility index (Phi) is 6.83. The summed E-state index contributed by atoms with van der Waals surface area (Å²) in [6, 6.07) is 0. The van der Waals surface area contributed by atoms with E-state index in [0.29, 0.717) is 25.6 Å². The van der Waals surface area contributed by atoms with Gasteiger partial charge in [-0.05, 0) is 44.7 Å².